The molecule has 2 atom stereocenters. The average Bonchev–Trinajstić information content (AvgIpc) is 2.00. The smallest absolute Gasteiger partial charge is 0.189 e. The number of ketones is 1. The highest BCUT2D eigenvalue weighted by molar-refractivity contribution is 5.84. The van der Waals surface area contributed by atoms with Gasteiger partial charge >= 0.3 is 0 Å². The molecule has 0 spiro atoms. The van der Waals surface area contributed by atoms with Crippen LogP contribution >= 0.6 is 0 Å². The van der Waals surface area contributed by atoms with Crippen molar-refractivity contribution in [2.75, 3.05) is 6.61 Å². The van der Waals surface area contributed by atoms with Crippen LogP contribution in [0, 0.1) is 5.92 Å². The molecule has 0 amide bonds. The number of aliphatic hydroxyl groups excluding tert-OH is 3. The fourth-order valence-corrected chi connectivity index (χ4v) is 0.920. The van der Waals surface area contributed by atoms with Crippen LogP contribution in [-0.2, 0) is 4.79 Å². The Morgan fingerprint density at radius 3 is 2.17 bits per heavy atom. The van der Waals surface area contributed by atoms with Gasteiger partial charge < -0.3 is 15.3 Å². The van der Waals surface area contributed by atoms with Gasteiger partial charge in [-0.1, -0.05) is 13.8 Å². The Kier molecular flexibility index (Phi) is 5.04. The second kappa shape index (κ2) is 5.24. The van der Waals surface area contributed by atoms with Gasteiger partial charge in [-0.3, -0.25) is 4.79 Å². The third kappa shape index (κ3) is 3.80. The summed E-state index contributed by atoms with van der Waals surface area (Å²) in [5.74, 6) is -0.524. The summed E-state index contributed by atoms with van der Waals surface area (Å²) in [7, 11) is 0. The first-order chi connectivity index (χ1) is 5.49. The minimum absolute atomic E-state index is 0.209. The molecule has 0 aliphatic rings. The molecule has 0 aromatic rings. The van der Waals surface area contributed by atoms with E-state index in [4.69, 9.17) is 10.2 Å². The van der Waals surface area contributed by atoms with Gasteiger partial charge in [-0.15, -0.1) is 0 Å². The van der Waals surface area contributed by atoms with Crippen molar-refractivity contribution in [1.82, 2.24) is 0 Å². The minimum atomic E-state index is -1.45. The zero-order chi connectivity index (χ0) is 9.72. The van der Waals surface area contributed by atoms with Crippen LogP contribution < -0.4 is 0 Å². The molecule has 0 heterocycles. The molecule has 0 saturated carbocycles. The monoisotopic (exact) mass is 176 g/mol. The largest absolute Gasteiger partial charge is 0.390 e. The lowest BCUT2D eigenvalue weighted by Gasteiger charge is -2.17. The van der Waals surface area contributed by atoms with Gasteiger partial charge in [-0.2, -0.15) is 0 Å². The summed E-state index contributed by atoms with van der Waals surface area (Å²) >= 11 is 0. The van der Waals surface area contributed by atoms with Gasteiger partial charge in [0.1, 0.15) is 12.7 Å². The molecule has 0 radical (unpaired) electrons. The third-order valence-corrected chi connectivity index (χ3v) is 1.56. The topological polar surface area (TPSA) is 77.8 Å². The van der Waals surface area contributed by atoms with Gasteiger partial charge in [0.25, 0.3) is 0 Å². The highest BCUT2D eigenvalue weighted by atomic mass is 16.3. The number of carbonyl (C=O) groups excluding carboxylic acids is 1. The van der Waals surface area contributed by atoms with Gasteiger partial charge in [0, 0.05) is 0 Å². The second-order valence-corrected chi connectivity index (χ2v) is 3.27. The Hall–Kier alpha value is -0.450. The van der Waals surface area contributed by atoms with Gasteiger partial charge in [-0.05, 0) is 12.3 Å². The van der Waals surface area contributed by atoms with E-state index < -0.39 is 24.6 Å². The van der Waals surface area contributed by atoms with Crippen molar-refractivity contribution in [2.45, 2.75) is 32.5 Å². The molecule has 0 bridgehead atoms. The van der Waals surface area contributed by atoms with Crippen LogP contribution in [0.4, 0.5) is 0 Å². The predicted molar refractivity (Wildman–Crippen MR) is 43.6 cm³/mol. The van der Waals surface area contributed by atoms with Gasteiger partial charge in [0.05, 0.1) is 6.10 Å². The number of rotatable bonds is 5. The van der Waals surface area contributed by atoms with Crippen molar-refractivity contribution < 1.29 is 20.1 Å². The summed E-state index contributed by atoms with van der Waals surface area (Å²) in [6, 6.07) is 0. The predicted octanol–water partition coefficient (Wildman–Crippen LogP) is -0.684. The van der Waals surface area contributed by atoms with E-state index in [1.165, 1.54) is 0 Å². The molecule has 0 aliphatic carbocycles. The summed E-state index contributed by atoms with van der Waals surface area (Å²) in [6.07, 6.45) is -2.16. The van der Waals surface area contributed by atoms with Crippen LogP contribution in [-0.4, -0.2) is 39.9 Å². The van der Waals surface area contributed by atoms with Gasteiger partial charge in [0.2, 0.25) is 0 Å². The summed E-state index contributed by atoms with van der Waals surface area (Å²) in [4.78, 5) is 10.7. The molecular formula is C8H16O4. The number of hydrogen-bond acceptors (Lipinski definition) is 4. The van der Waals surface area contributed by atoms with E-state index in [1.54, 1.807) is 0 Å². The quantitative estimate of drug-likeness (QED) is 0.518. The highest BCUT2D eigenvalue weighted by Crippen LogP contribution is 2.08. The van der Waals surface area contributed by atoms with Crippen LogP contribution in [0.25, 0.3) is 0 Å². The van der Waals surface area contributed by atoms with Crippen molar-refractivity contribution in [3.05, 3.63) is 0 Å². The maximum absolute atomic E-state index is 10.7. The summed E-state index contributed by atoms with van der Waals surface area (Å²) in [6.45, 7) is 3.02. The Morgan fingerprint density at radius 1 is 1.33 bits per heavy atom. The summed E-state index contributed by atoms with van der Waals surface area (Å²) < 4.78 is 0. The van der Waals surface area contributed by atoms with Crippen LogP contribution in [0.2, 0.25) is 0 Å². The zero-order valence-electron chi connectivity index (χ0n) is 7.40. The number of carbonyl (C=O) groups is 1. The molecule has 0 aromatic carbocycles. The van der Waals surface area contributed by atoms with Crippen molar-refractivity contribution in [3.63, 3.8) is 0 Å². The molecular weight excluding hydrogens is 160 g/mol. The Labute approximate surface area is 71.8 Å². The van der Waals surface area contributed by atoms with E-state index in [0.29, 0.717) is 6.42 Å². The highest BCUT2D eigenvalue weighted by Gasteiger charge is 2.23. The Morgan fingerprint density at radius 2 is 1.83 bits per heavy atom. The Balaban J connectivity index is 3.91. The molecule has 4 heteroatoms. The van der Waals surface area contributed by atoms with Crippen LogP contribution in [0.15, 0.2) is 0 Å². The van der Waals surface area contributed by atoms with E-state index in [2.05, 4.69) is 0 Å². The van der Waals surface area contributed by atoms with Gasteiger partial charge in [0.15, 0.2) is 5.78 Å². The van der Waals surface area contributed by atoms with E-state index in [9.17, 15) is 9.90 Å². The molecule has 72 valence electrons. The third-order valence-electron chi connectivity index (χ3n) is 1.56. The van der Waals surface area contributed by atoms with E-state index in [1.807, 2.05) is 13.8 Å². The SMILES string of the molecule is CC(C)C[C@H](O)[C@H](O)C(=O)CO. The van der Waals surface area contributed by atoms with Gasteiger partial charge in [-0.25, -0.2) is 0 Å². The Bertz CT molecular complexity index is 144. The number of hydrogen-bond donors (Lipinski definition) is 3. The van der Waals surface area contributed by atoms with E-state index in [-0.39, 0.29) is 5.92 Å². The first-order valence-electron chi connectivity index (χ1n) is 3.98. The van der Waals surface area contributed by atoms with Crippen LogP contribution in [0.3, 0.4) is 0 Å². The molecule has 3 N–H and O–H groups in total. The minimum Gasteiger partial charge on any atom is -0.390 e. The zero-order valence-corrected chi connectivity index (χ0v) is 7.40. The molecule has 0 rings (SSSR count). The molecule has 4 nitrogen and oxygen atoms in total. The van der Waals surface area contributed by atoms with Crippen molar-refractivity contribution in [2.24, 2.45) is 5.92 Å². The van der Waals surface area contributed by atoms with Crippen LogP contribution in [0.5, 0.6) is 0 Å². The van der Waals surface area contributed by atoms with Crippen molar-refractivity contribution in [3.8, 4) is 0 Å². The molecule has 0 unspecified atom stereocenters. The number of Topliss-reactive ketones (excluding diaryl/α,β-unsaturated/α-hetero) is 1. The standard InChI is InChI=1S/C8H16O4/c1-5(2)3-6(10)8(12)7(11)4-9/h5-6,8-10,12H,3-4H2,1-2H3/t6-,8-/m0/s1. The van der Waals surface area contributed by atoms with Crippen molar-refractivity contribution in [1.29, 1.82) is 0 Å². The van der Waals surface area contributed by atoms with Crippen LogP contribution in [0.1, 0.15) is 20.3 Å². The normalized spacial score (nSPS) is 16.2. The first kappa shape index (κ1) is 11.6. The first-order valence-corrected chi connectivity index (χ1v) is 3.98. The van der Waals surface area contributed by atoms with Crippen molar-refractivity contribution >= 4 is 5.78 Å². The second-order valence-electron chi connectivity index (χ2n) is 3.27. The molecule has 12 heavy (non-hydrogen) atoms. The maximum atomic E-state index is 10.7. The van der Waals surface area contributed by atoms with E-state index in [0.717, 1.165) is 0 Å². The lowest BCUT2D eigenvalue weighted by molar-refractivity contribution is -0.136. The summed E-state index contributed by atoms with van der Waals surface area (Å²) in [5, 5.41) is 26.7. The fourth-order valence-electron chi connectivity index (χ4n) is 0.920. The molecule has 0 saturated heterocycles. The molecule has 0 aromatic heterocycles. The fraction of sp³-hybridized carbons (Fsp3) is 0.875. The maximum Gasteiger partial charge on any atom is 0.189 e. The summed E-state index contributed by atoms with van der Waals surface area (Å²) in [5.41, 5.74) is 0. The lowest BCUT2D eigenvalue weighted by atomic mass is 10.00. The average molecular weight is 176 g/mol. The van der Waals surface area contributed by atoms with E-state index >= 15 is 0 Å². The number of aliphatic hydroxyl groups is 3. The lowest BCUT2D eigenvalue weighted by Crippen LogP contribution is -2.36. The molecule has 0 aliphatic heterocycles. The molecule has 0 fully saturated rings.